The van der Waals surface area contributed by atoms with Crippen molar-refractivity contribution in [1.82, 2.24) is 24.1 Å². The van der Waals surface area contributed by atoms with Crippen molar-refractivity contribution in [3.05, 3.63) is 75.8 Å². The molecule has 1 atom stereocenters. The lowest BCUT2D eigenvalue weighted by atomic mass is 10.1. The van der Waals surface area contributed by atoms with E-state index in [4.69, 9.17) is 15.0 Å². The third-order valence-corrected chi connectivity index (χ3v) is 6.07. The summed E-state index contributed by atoms with van der Waals surface area (Å²) in [5, 5.41) is 0.547. The summed E-state index contributed by atoms with van der Waals surface area (Å²) >= 11 is 0. The Morgan fingerprint density at radius 2 is 1.58 bits per heavy atom. The monoisotopic (exact) mass is 411 g/mol. The summed E-state index contributed by atoms with van der Waals surface area (Å²) in [4.78, 5) is 28.3. The second-order valence-corrected chi connectivity index (χ2v) is 8.25. The summed E-state index contributed by atoms with van der Waals surface area (Å²) in [6.45, 7) is 8.68. The largest absolute Gasteiger partial charge is 0.304 e. The Labute approximate surface area is 180 Å². The maximum atomic E-state index is 13.7. The number of benzene rings is 2. The standard InChI is InChI=1S/C25H25N5O/c1-5-16(3)30-17(4)26-23-21(25(30)31)22-24(28-20-9-7-6-8-19(20)27-22)29(23)14-18-12-10-15(2)11-13-18/h6-13,16H,5,14H2,1-4H3/t16-/m0/s1. The van der Waals surface area contributed by atoms with Gasteiger partial charge in [-0.05, 0) is 44.9 Å². The van der Waals surface area contributed by atoms with Crippen LogP contribution in [0, 0.1) is 13.8 Å². The van der Waals surface area contributed by atoms with Crippen molar-refractivity contribution in [1.29, 1.82) is 0 Å². The molecule has 6 heteroatoms. The maximum absolute atomic E-state index is 13.7. The van der Waals surface area contributed by atoms with Crippen LogP contribution in [0.4, 0.5) is 0 Å². The summed E-state index contributed by atoms with van der Waals surface area (Å²) < 4.78 is 3.82. The Morgan fingerprint density at radius 1 is 0.903 bits per heavy atom. The summed E-state index contributed by atoms with van der Waals surface area (Å²) in [7, 11) is 0. The predicted molar refractivity (Wildman–Crippen MR) is 125 cm³/mol. The first kappa shape index (κ1) is 19.4. The zero-order chi connectivity index (χ0) is 21.7. The van der Waals surface area contributed by atoms with Crippen molar-refractivity contribution < 1.29 is 0 Å². The van der Waals surface area contributed by atoms with E-state index in [9.17, 15) is 4.79 Å². The molecule has 0 unspecified atom stereocenters. The van der Waals surface area contributed by atoms with Crippen molar-refractivity contribution in [3.8, 4) is 0 Å². The minimum absolute atomic E-state index is 0.0471. The van der Waals surface area contributed by atoms with Crippen molar-refractivity contribution in [2.75, 3.05) is 0 Å². The molecule has 0 spiro atoms. The Bertz CT molecular complexity index is 1490. The van der Waals surface area contributed by atoms with E-state index in [1.165, 1.54) is 5.56 Å². The summed E-state index contributed by atoms with van der Waals surface area (Å²) in [5.74, 6) is 0.712. The van der Waals surface area contributed by atoms with Crippen LogP contribution >= 0.6 is 0 Å². The lowest BCUT2D eigenvalue weighted by molar-refractivity contribution is 0.496. The van der Waals surface area contributed by atoms with Crippen LogP contribution in [0.25, 0.3) is 33.2 Å². The van der Waals surface area contributed by atoms with E-state index in [-0.39, 0.29) is 11.6 Å². The lowest BCUT2D eigenvalue weighted by Crippen LogP contribution is -2.26. The molecule has 0 bridgehead atoms. The van der Waals surface area contributed by atoms with Crippen molar-refractivity contribution in [3.63, 3.8) is 0 Å². The van der Waals surface area contributed by atoms with Gasteiger partial charge in [0.1, 0.15) is 16.7 Å². The molecular weight excluding hydrogens is 386 g/mol. The average Bonchev–Trinajstić information content (AvgIpc) is 3.05. The molecule has 0 aliphatic carbocycles. The smallest absolute Gasteiger partial charge is 0.265 e. The Morgan fingerprint density at radius 3 is 2.26 bits per heavy atom. The normalized spacial score (nSPS) is 12.8. The van der Waals surface area contributed by atoms with Gasteiger partial charge in [0.25, 0.3) is 5.56 Å². The first-order valence-electron chi connectivity index (χ1n) is 10.7. The molecule has 2 aromatic carbocycles. The highest BCUT2D eigenvalue weighted by Crippen LogP contribution is 2.27. The number of rotatable bonds is 4. The van der Waals surface area contributed by atoms with Crippen molar-refractivity contribution >= 4 is 33.2 Å². The van der Waals surface area contributed by atoms with Gasteiger partial charge < -0.3 is 4.57 Å². The average molecular weight is 412 g/mol. The number of hydrogen-bond donors (Lipinski definition) is 0. The van der Waals surface area contributed by atoms with E-state index in [0.29, 0.717) is 34.6 Å². The molecule has 3 aromatic heterocycles. The number of aromatic nitrogens is 5. The van der Waals surface area contributed by atoms with Gasteiger partial charge in [-0.15, -0.1) is 0 Å². The van der Waals surface area contributed by atoms with Gasteiger partial charge in [-0.3, -0.25) is 9.36 Å². The van der Waals surface area contributed by atoms with E-state index in [2.05, 4.69) is 45.0 Å². The fourth-order valence-electron chi connectivity index (χ4n) is 4.20. The molecule has 0 aliphatic heterocycles. The number of para-hydroxylation sites is 2. The van der Waals surface area contributed by atoms with Crippen LogP contribution in [0.1, 0.15) is 43.3 Å². The van der Waals surface area contributed by atoms with Gasteiger partial charge >= 0.3 is 0 Å². The highest BCUT2D eigenvalue weighted by Gasteiger charge is 2.22. The molecular formula is C25H25N5O. The first-order valence-corrected chi connectivity index (χ1v) is 10.7. The van der Waals surface area contributed by atoms with E-state index in [1.54, 1.807) is 4.57 Å². The van der Waals surface area contributed by atoms with Gasteiger partial charge in [-0.1, -0.05) is 48.9 Å². The lowest BCUT2D eigenvalue weighted by Gasteiger charge is -2.16. The van der Waals surface area contributed by atoms with Gasteiger partial charge in [0.2, 0.25) is 0 Å². The van der Waals surface area contributed by atoms with Crippen LogP contribution in [0.2, 0.25) is 0 Å². The van der Waals surface area contributed by atoms with Gasteiger partial charge in [0, 0.05) is 6.04 Å². The second-order valence-electron chi connectivity index (χ2n) is 8.25. The van der Waals surface area contributed by atoms with E-state index >= 15 is 0 Å². The molecule has 0 aliphatic rings. The summed E-state index contributed by atoms with van der Waals surface area (Å²) in [5.41, 5.74) is 5.84. The topological polar surface area (TPSA) is 65.6 Å². The van der Waals surface area contributed by atoms with Gasteiger partial charge in [0.15, 0.2) is 11.3 Å². The predicted octanol–water partition coefficient (Wildman–Crippen LogP) is 4.93. The molecule has 3 heterocycles. The van der Waals surface area contributed by atoms with Crippen LogP contribution in [0.15, 0.2) is 53.3 Å². The zero-order valence-electron chi connectivity index (χ0n) is 18.3. The molecule has 0 fully saturated rings. The Kier molecular flexibility index (Phi) is 4.58. The van der Waals surface area contributed by atoms with Crippen LogP contribution in [-0.4, -0.2) is 24.1 Å². The molecule has 0 N–H and O–H groups in total. The number of fused-ring (bicyclic) bond motifs is 4. The molecule has 0 amide bonds. The van der Waals surface area contributed by atoms with Crippen LogP contribution in [-0.2, 0) is 6.54 Å². The fourth-order valence-corrected chi connectivity index (χ4v) is 4.20. The van der Waals surface area contributed by atoms with Gasteiger partial charge in [-0.2, -0.15) is 0 Å². The maximum Gasteiger partial charge on any atom is 0.265 e. The fraction of sp³-hybridized carbons (Fsp3) is 0.280. The van der Waals surface area contributed by atoms with E-state index in [0.717, 1.165) is 23.0 Å². The van der Waals surface area contributed by atoms with E-state index in [1.807, 2.05) is 35.8 Å². The number of hydrogen-bond acceptors (Lipinski definition) is 4. The molecule has 0 saturated heterocycles. The van der Waals surface area contributed by atoms with Crippen LogP contribution in [0.5, 0.6) is 0 Å². The zero-order valence-corrected chi connectivity index (χ0v) is 18.3. The quantitative estimate of drug-likeness (QED) is 0.421. The third-order valence-electron chi connectivity index (χ3n) is 6.07. The third kappa shape index (κ3) is 3.10. The van der Waals surface area contributed by atoms with Crippen LogP contribution < -0.4 is 5.56 Å². The minimum atomic E-state index is -0.0471. The molecule has 31 heavy (non-hydrogen) atoms. The highest BCUT2D eigenvalue weighted by molar-refractivity contribution is 6.04. The second kappa shape index (κ2) is 7.30. The molecule has 156 valence electrons. The SMILES string of the molecule is CC[C@H](C)n1c(C)nc2c(c1=O)c1nc3ccccc3nc1n2Cc1ccc(C)cc1. The summed E-state index contributed by atoms with van der Waals surface area (Å²) in [6, 6.07) is 16.2. The van der Waals surface area contributed by atoms with Gasteiger partial charge in [0.05, 0.1) is 17.6 Å². The van der Waals surface area contributed by atoms with Crippen LogP contribution in [0.3, 0.4) is 0 Å². The molecule has 6 nitrogen and oxygen atoms in total. The van der Waals surface area contributed by atoms with E-state index < -0.39 is 0 Å². The van der Waals surface area contributed by atoms with Crippen molar-refractivity contribution in [2.45, 2.75) is 46.7 Å². The molecule has 0 radical (unpaired) electrons. The number of nitrogens with zero attached hydrogens (tertiary/aromatic N) is 5. The molecule has 0 saturated carbocycles. The first-order chi connectivity index (χ1) is 15.0. The Balaban J connectivity index is 1.89. The molecule has 5 rings (SSSR count). The Hall–Kier alpha value is -3.54. The highest BCUT2D eigenvalue weighted by atomic mass is 16.1. The summed E-state index contributed by atoms with van der Waals surface area (Å²) in [6.07, 6.45) is 0.852. The van der Waals surface area contributed by atoms with Crippen molar-refractivity contribution in [2.24, 2.45) is 0 Å². The molecule has 5 aromatic rings. The minimum Gasteiger partial charge on any atom is -0.304 e. The van der Waals surface area contributed by atoms with Gasteiger partial charge in [-0.25, -0.2) is 15.0 Å². The number of aryl methyl sites for hydroxylation is 2.